The number of hydrogen-bond donors (Lipinski definition) is 2. The van der Waals surface area contributed by atoms with Crippen LogP contribution in [0, 0.1) is 5.92 Å². The van der Waals surface area contributed by atoms with E-state index in [0.717, 1.165) is 12.8 Å². The van der Waals surface area contributed by atoms with E-state index >= 15 is 0 Å². The van der Waals surface area contributed by atoms with Gasteiger partial charge in [-0.25, -0.2) is 0 Å². The fourth-order valence-electron chi connectivity index (χ4n) is 2.01. The molecule has 0 heterocycles. The van der Waals surface area contributed by atoms with E-state index in [-0.39, 0.29) is 12.5 Å². The molecule has 1 aliphatic rings. The maximum absolute atomic E-state index is 12.2. The standard InChI is InChI=1S/C14H19NO4/c1-18-11-4-3-5-12(19-2)13(11)14(17)15-8-10(16)9-6-7-9/h3-5,9-10,16H,6-8H2,1-2H3,(H,15,17). The van der Waals surface area contributed by atoms with Crippen LogP contribution in [0.25, 0.3) is 0 Å². The van der Waals surface area contributed by atoms with Crippen molar-refractivity contribution in [3.63, 3.8) is 0 Å². The van der Waals surface area contributed by atoms with Crippen molar-refractivity contribution in [2.45, 2.75) is 18.9 Å². The Bertz CT molecular complexity index is 435. The molecule has 5 nitrogen and oxygen atoms in total. The van der Waals surface area contributed by atoms with Gasteiger partial charge in [0.25, 0.3) is 5.91 Å². The maximum atomic E-state index is 12.2. The summed E-state index contributed by atoms with van der Waals surface area (Å²) in [7, 11) is 3.01. The molecule has 1 saturated carbocycles. The van der Waals surface area contributed by atoms with Crippen LogP contribution in [0.2, 0.25) is 0 Å². The van der Waals surface area contributed by atoms with Crippen LogP contribution >= 0.6 is 0 Å². The van der Waals surface area contributed by atoms with Crippen molar-refractivity contribution in [2.75, 3.05) is 20.8 Å². The predicted octanol–water partition coefficient (Wildman–Crippen LogP) is 1.20. The van der Waals surface area contributed by atoms with Gasteiger partial charge in [-0.2, -0.15) is 0 Å². The molecule has 1 fully saturated rings. The highest BCUT2D eigenvalue weighted by Crippen LogP contribution is 2.32. The molecule has 104 valence electrons. The van der Waals surface area contributed by atoms with Gasteiger partial charge in [-0.3, -0.25) is 4.79 Å². The summed E-state index contributed by atoms with van der Waals surface area (Å²) in [4.78, 5) is 12.2. The number of ether oxygens (including phenoxy) is 2. The van der Waals surface area contributed by atoms with E-state index in [9.17, 15) is 9.90 Å². The van der Waals surface area contributed by atoms with Gasteiger partial charge in [0.2, 0.25) is 0 Å². The van der Waals surface area contributed by atoms with E-state index in [0.29, 0.717) is 23.0 Å². The van der Waals surface area contributed by atoms with Crippen LogP contribution in [0.1, 0.15) is 23.2 Å². The van der Waals surface area contributed by atoms with E-state index in [4.69, 9.17) is 9.47 Å². The lowest BCUT2D eigenvalue weighted by Crippen LogP contribution is -2.33. The molecule has 1 aliphatic carbocycles. The summed E-state index contributed by atoms with van der Waals surface area (Å²) in [6, 6.07) is 5.16. The lowest BCUT2D eigenvalue weighted by Gasteiger charge is -2.14. The van der Waals surface area contributed by atoms with Gasteiger partial charge in [-0.15, -0.1) is 0 Å². The first-order chi connectivity index (χ1) is 9.17. The summed E-state index contributed by atoms with van der Waals surface area (Å²) in [6.07, 6.45) is 1.61. The zero-order chi connectivity index (χ0) is 13.8. The summed E-state index contributed by atoms with van der Waals surface area (Å²) in [5, 5.41) is 12.5. The molecule has 0 radical (unpaired) electrons. The molecule has 0 saturated heterocycles. The van der Waals surface area contributed by atoms with Crippen molar-refractivity contribution in [2.24, 2.45) is 5.92 Å². The van der Waals surface area contributed by atoms with Gasteiger partial charge < -0.3 is 19.9 Å². The van der Waals surface area contributed by atoms with Crippen molar-refractivity contribution >= 4 is 5.91 Å². The van der Waals surface area contributed by atoms with Gasteiger partial charge in [-0.1, -0.05) is 6.07 Å². The predicted molar refractivity (Wildman–Crippen MR) is 70.6 cm³/mol. The van der Waals surface area contributed by atoms with Crippen molar-refractivity contribution in [1.82, 2.24) is 5.32 Å². The molecule has 0 aromatic heterocycles. The average molecular weight is 265 g/mol. The second kappa shape index (κ2) is 5.93. The number of amides is 1. The van der Waals surface area contributed by atoms with Gasteiger partial charge in [0.05, 0.1) is 20.3 Å². The van der Waals surface area contributed by atoms with Crippen LogP contribution in [0.15, 0.2) is 18.2 Å². The minimum Gasteiger partial charge on any atom is -0.496 e. The minimum absolute atomic E-state index is 0.255. The summed E-state index contributed by atoms with van der Waals surface area (Å²) < 4.78 is 10.3. The second-order valence-corrected chi connectivity index (χ2v) is 4.65. The van der Waals surface area contributed by atoms with Crippen LogP contribution in [0.4, 0.5) is 0 Å². The zero-order valence-corrected chi connectivity index (χ0v) is 11.2. The van der Waals surface area contributed by atoms with Crippen LogP contribution in [0.5, 0.6) is 11.5 Å². The lowest BCUT2D eigenvalue weighted by atomic mass is 10.1. The molecule has 0 spiro atoms. The van der Waals surface area contributed by atoms with Gasteiger partial charge >= 0.3 is 0 Å². The van der Waals surface area contributed by atoms with Gasteiger partial charge in [-0.05, 0) is 30.9 Å². The number of benzene rings is 1. The molecule has 2 N–H and O–H groups in total. The van der Waals surface area contributed by atoms with Crippen LogP contribution in [0.3, 0.4) is 0 Å². The Hall–Kier alpha value is -1.75. The van der Waals surface area contributed by atoms with Gasteiger partial charge in [0.1, 0.15) is 17.1 Å². The van der Waals surface area contributed by atoms with Crippen molar-refractivity contribution < 1.29 is 19.4 Å². The van der Waals surface area contributed by atoms with E-state index < -0.39 is 6.10 Å². The van der Waals surface area contributed by atoms with E-state index in [2.05, 4.69) is 5.32 Å². The first-order valence-electron chi connectivity index (χ1n) is 6.34. The first kappa shape index (κ1) is 13.7. The molecular weight excluding hydrogens is 246 g/mol. The van der Waals surface area contributed by atoms with Gasteiger partial charge in [0, 0.05) is 6.54 Å². The smallest absolute Gasteiger partial charge is 0.258 e. The molecule has 1 amide bonds. The topological polar surface area (TPSA) is 67.8 Å². The van der Waals surface area contributed by atoms with Crippen LogP contribution < -0.4 is 14.8 Å². The number of rotatable bonds is 6. The second-order valence-electron chi connectivity index (χ2n) is 4.65. The Morgan fingerprint density at radius 3 is 2.42 bits per heavy atom. The molecule has 0 aliphatic heterocycles. The van der Waals surface area contributed by atoms with E-state index in [1.807, 2.05) is 0 Å². The van der Waals surface area contributed by atoms with Gasteiger partial charge in [0.15, 0.2) is 0 Å². The number of hydrogen-bond acceptors (Lipinski definition) is 4. The summed E-state index contributed by atoms with van der Waals surface area (Å²) in [5.74, 6) is 0.949. The van der Waals surface area contributed by atoms with E-state index in [1.54, 1.807) is 18.2 Å². The number of aliphatic hydroxyl groups excluding tert-OH is 1. The highest BCUT2D eigenvalue weighted by atomic mass is 16.5. The average Bonchev–Trinajstić information content (AvgIpc) is 3.27. The SMILES string of the molecule is COc1cccc(OC)c1C(=O)NCC(O)C1CC1. The molecule has 1 aromatic rings. The van der Waals surface area contributed by atoms with Crippen LogP contribution in [-0.2, 0) is 0 Å². The summed E-state index contributed by atoms with van der Waals surface area (Å²) in [6.45, 7) is 0.255. The zero-order valence-electron chi connectivity index (χ0n) is 11.2. The van der Waals surface area contributed by atoms with Crippen molar-refractivity contribution in [1.29, 1.82) is 0 Å². The molecule has 5 heteroatoms. The number of carbonyl (C=O) groups excluding carboxylic acids is 1. The fourth-order valence-corrected chi connectivity index (χ4v) is 2.01. The Kier molecular flexibility index (Phi) is 4.27. The third-order valence-electron chi connectivity index (χ3n) is 3.29. The first-order valence-corrected chi connectivity index (χ1v) is 6.34. The highest BCUT2D eigenvalue weighted by Gasteiger charge is 2.30. The molecule has 19 heavy (non-hydrogen) atoms. The molecule has 0 bridgehead atoms. The molecule has 1 atom stereocenters. The molecule has 1 aromatic carbocycles. The molecule has 1 unspecified atom stereocenters. The summed E-state index contributed by atoms with van der Waals surface area (Å²) in [5.41, 5.74) is 0.357. The Balaban J connectivity index is 2.08. The Morgan fingerprint density at radius 2 is 1.95 bits per heavy atom. The number of carbonyl (C=O) groups is 1. The highest BCUT2D eigenvalue weighted by molar-refractivity contribution is 5.99. The number of methoxy groups -OCH3 is 2. The largest absolute Gasteiger partial charge is 0.496 e. The maximum Gasteiger partial charge on any atom is 0.258 e. The van der Waals surface area contributed by atoms with Crippen LogP contribution in [-0.4, -0.2) is 37.9 Å². The molecular formula is C14H19NO4. The number of nitrogens with one attached hydrogen (secondary N) is 1. The van der Waals surface area contributed by atoms with Crippen molar-refractivity contribution in [3.8, 4) is 11.5 Å². The third-order valence-corrected chi connectivity index (χ3v) is 3.29. The monoisotopic (exact) mass is 265 g/mol. The third kappa shape index (κ3) is 3.17. The summed E-state index contributed by atoms with van der Waals surface area (Å²) >= 11 is 0. The Morgan fingerprint density at radius 1 is 1.37 bits per heavy atom. The number of aliphatic hydroxyl groups is 1. The van der Waals surface area contributed by atoms with Crippen molar-refractivity contribution in [3.05, 3.63) is 23.8 Å². The fraction of sp³-hybridized carbons (Fsp3) is 0.500. The van der Waals surface area contributed by atoms with E-state index in [1.165, 1.54) is 14.2 Å². The normalized spacial score (nSPS) is 15.7. The quantitative estimate of drug-likeness (QED) is 0.811. The Labute approximate surface area is 112 Å². The molecule has 2 rings (SSSR count). The lowest BCUT2D eigenvalue weighted by molar-refractivity contribution is 0.0895. The minimum atomic E-state index is -0.468.